The molecule has 22 heavy (non-hydrogen) atoms. The Morgan fingerprint density at radius 3 is 2.41 bits per heavy atom. The minimum Gasteiger partial charge on any atom is -0.493 e. The summed E-state index contributed by atoms with van der Waals surface area (Å²) in [5.74, 6) is 0.936. The molecule has 0 spiro atoms. The zero-order valence-electron chi connectivity index (χ0n) is 13.4. The van der Waals surface area contributed by atoms with Gasteiger partial charge in [0.2, 0.25) is 11.8 Å². The van der Waals surface area contributed by atoms with Gasteiger partial charge in [-0.1, -0.05) is 19.4 Å². The van der Waals surface area contributed by atoms with Crippen molar-refractivity contribution in [1.82, 2.24) is 10.6 Å². The highest BCUT2D eigenvalue weighted by atomic mass is 16.5. The fourth-order valence-electron chi connectivity index (χ4n) is 1.86. The van der Waals surface area contributed by atoms with Gasteiger partial charge in [0.15, 0.2) is 11.5 Å². The van der Waals surface area contributed by atoms with E-state index in [4.69, 9.17) is 9.47 Å². The fourth-order valence-corrected chi connectivity index (χ4v) is 1.86. The van der Waals surface area contributed by atoms with Gasteiger partial charge in [-0.05, 0) is 24.1 Å². The van der Waals surface area contributed by atoms with Crippen LogP contribution >= 0.6 is 0 Å². The molecule has 6 nitrogen and oxygen atoms in total. The Morgan fingerprint density at radius 1 is 1.05 bits per heavy atom. The molecule has 6 heteroatoms. The van der Waals surface area contributed by atoms with Gasteiger partial charge < -0.3 is 20.1 Å². The molecule has 0 saturated heterocycles. The zero-order chi connectivity index (χ0) is 16.4. The molecule has 0 unspecified atom stereocenters. The molecule has 0 aliphatic carbocycles. The number of hydrogen-bond donors (Lipinski definition) is 2. The molecule has 0 fully saturated rings. The van der Waals surface area contributed by atoms with Crippen LogP contribution in [0.3, 0.4) is 0 Å². The molecule has 1 rings (SSSR count). The first-order valence-electron chi connectivity index (χ1n) is 7.35. The number of methoxy groups -OCH3 is 2. The van der Waals surface area contributed by atoms with Crippen molar-refractivity contribution < 1.29 is 19.1 Å². The predicted octanol–water partition coefficient (Wildman–Crippen LogP) is 1.63. The normalized spacial score (nSPS) is 9.95. The molecule has 2 N–H and O–H groups in total. The van der Waals surface area contributed by atoms with Crippen molar-refractivity contribution in [2.75, 3.05) is 20.8 Å². The van der Waals surface area contributed by atoms with Crippen LogP contribution in [-0.2, 0) is 16.1 Å². The maximum atomic E-state index is 11.7. The molecule has 122 valence electrons. The first-order valence-corrected chi connectivity index (χ1v) is 7.35. The summed E-state index contributed by atoms with van der Waals surface area (Å²) < 4.78 is 10.4. The lowest BCUT2D eigenvalue weighted by Crippen LogP contribution is -2.36. The van der Waals surface area contributed by atoms with Gasteiger partial charge in [-0.2, -0.15) is 0 Å². The quantitative estimate of drug-likeness (QED) is 0.727. The number of benzene rings is 1. The van der Waals surface area contributed by atoms with Gasteiger partial charge in [0, 0.05) is 13.0 Å². The van der Waals surface area contributed by atoms with E-state index in [1.54, 1.807) is 26.4 Å². The molecule has 0 heterocycles. The first-order chi connectivity index (χ1) is 10.6. The highest BCUT2D eigenvalue weighted by Gasteiger charge is 2.07. The summed E-state index contributed by atoms with van der Waals surface area (Å²) in [7, 11) is 3.13. The number of nitrogens with one attached hydrogen (secondary N) is 2. The van der Waals surface area contributed by atoms with E-state index < -0.39 is 0 Å². The Morgan fingerprint density at radius 2 is 1.77 bits per heavy atom. The molecule has 0 aliphatic rings. The molecule has 0 radical (unpaired) electrons. The van der Waals surface area contributed by atoms with Crippen LogP contribution in [0.5, 0.6) is 11.5 Å². The van der Waals surface area contributed by atoms with Crippen LogP contribution in [0.4, 0.5) is 0 Å². The second-order valence-corrected chi connectivity index (χ2v) is 4.85. The van der Waals surface area contributed by atoms with E-state index in [9.17, 15) is 9.59 Å². The minimum atomic E-state index is -0.223. The Bertz CT molecular complexity index is 503. The maximum Gasteiger partial charge on any atom is 0.239 e. The molecule has 0 aliphatic heterocycles. The highest BCUT2D eigenvalue weighted by Crippen LogP contribution is 2.27. The van der Waals surface area contributed by atoms with Crippen molar-refractivity contribution >= 4 is 11.8 Å². The second-order valence-electron chi connectivity index (χ2n) is 4.85. The first kappa shape index (κ1) is 17.8. The van der Waals surface area contributed by atoms with Gasteiger partial charge in [0.05, 0.1) is 20.8 Å². The Labute approximate surface area is 131 Å². The van der Waals surface area contributed by atoms with Crippen molar-refractivity contribution in [1.29, 1.82) is 0 Å². The van der Waals surface area contributed by atoms with E-state index in [0.29, 0.717) is 24.5 Å². The van der Waals surface area contributed by atoms with E-state index in [1.807, 2.05) is 13.0 Å². The molecule has 2 amide bonds. The lowest BCUT2D eigenvalue weighted by molar-refractivity contribution is -0.126. The summed E-state index contributed by atoms with van der Waals surface area (Å²) in [5, 5.41) is 5.35. The molecule has 1 aromatic rings. The van der Waals surface area contributed by atoms with Gasteiger partial charge >= 0.3 is 0 Å². The van der Waals surface area contributed by atoms with Crippen molar-refractivity contribution in [2.24, 2.45) is 0 Å². The van der Waals surface area contributed by atoms with Crippen molar-refractivity contribution in [3.63, 3.8) is 0 Å². The van der Waals surface area contributed by atoms with Gasteiger partial charge in [-0.3, -0.25) is 9.59 Å². The van der Waals surface area contributed by atoms with Crippen LogP contribution in [0, 0.1) is 0 Å². The number of ether oxygens (including phenoxy) is 2. The van der Waals surface area contributed by atoms with E-state index in [2.05, 4.69) is 10.6 Å². The van der Waals surface area contributed by atoms with Crippen LogP contribution in [0.25, 0.3) is 0 Å². The largest absolute Gasteiger partial charge is 0.493 e. The molecular formula is C16H24N2O4. The zero-order valence-corrected chi connectivity index (χ0v) is 13.4. The summed E-state index contributed by atoms with van der Waals surface area (Å²) in [5.41, 5.74) is 0.892. The number of rotatable bonds is 9. The number of carbonyl (C=O) groups is 2. The lowest BCUT2D eigenvalue weighted by Gasteiger charge is -2.10. The van der Waals surface area contributed by atoms with Crippen LogP contribution < -0.4 is 20.1 Å². The number of hydrogen-bond acceptors (Lipinski definition) is 4. The molecule has 0 saturated carbocycles. The molecule has 1 aromatic carbocycles. The number of carbonyl (C=O) groups excluding carboxylic acids is 2. The standard InChI is InChI=1S/C16H24N2O4/c1-4-5-6-15(19)18-11-16(20)17-10-12-7-8-13(21-2)14(9-12)22-3/h7-9H,4-6,10-11H2,1-3H3,(H,17,20)(H,18,19). The summed E-state index contributed by atoms with van der Waals surface area (Å²) in [4.78, 5) is 23.1. The third-order valence-corrected chi connectivity index (χ3v) is 3.14. The average Bonchev–Trinajstić information content (AvgIpc) is 2.55. The lowest BCUT2D eigenvalue weighted by atomic mass is 10.2. The van der Waals surface area contributed by atoms with Gasteiger partial charge in [0.1, 0.15) is 0 Å². The smallest absolute Gasteiger partial charge is 0.239 e. The van der Waals surface area contributed by atoms with Gasteiger partial charge in [-0.15, -0.1) is 0 Å². The summed E-state index contributed by atoms with van der Waals surface area (Å²) >= 11 is 0. The van der Waals surface area contributed by atoms with Crippen molar-refractivity contribution in [3.8, 4) is 11.5 Å². The van der Waals surface area contributed by atoms with E-state index in [-0.39, 0.29) is 18.4 Å². The van der Waals surface area contributed by atoms with Gasteiger partial charge in [-0.25, -0.2) is 0 Å². The van der Waals surface area contributed by atoms with Gasteiger partial charge in [0.25, 0.3) is 0 Å². The highest BCUT2D eigenvalue weighted by molar-refractivity contribution is 5.84. The van der Waals surface area contributed by atoms with Crippen molar-refractivity contribution in [3.05, 3.63) is 23.8 Å². The Hall–Kier alpha value is -2.24. The van der Waals surface area contributed by atoms with E-state index in [0.717, 1.165) is 18.4 Å². The van der Waals surface area contributed by atoms with Crippen LogP contribution in [0.1, 0.15) is 31.7 Å². The molecule has 0 bridgehead atoms. The third-order valence-electron chi connectivity index (χ3n) is 3.14. The summed E-state index contributed by atoms with van der Waals surface area (Å²) in [6.45, 7) is 2.38. The van der Waals surface area contributed by atoms with Crippen LogP contribution in [0.2, 0.25) is 0 Å². The fraction of sp³-hybridized carbons (Fsp3) is 0.500. The van der Waals surface area contributed by atoms with Crippen molar-refractivity contribution in [2.45, 2.75) is 32.7 Å². The van der Waals surface area contributed by atoms with Crippen LogP contribution in [-0.4, -0.2) is 32.6 Å². The van der Waals surface area contributed by atoms with E-state index >= 15 is 0 Å². The summed E-state index contributed by atoms with van der Waals surface area (Å²) in [6, 6.07) is 5.44. The Kier molecular flexibility index (Phi) is 7.81. The van der Waals surface area contributed by atoms with Crippen LogP contribution in [0.15, 0.2) is 18.2 Å². The molecular weight excluding hydrogens is 284 g/mol. The number of amides is 2. The van der Waals surface area contributed by atoms with E-state index in [1.165, 1.54) is 0 Å². The average molecular weight is 308 g/mol. The monoisotopic (exact) mass is 308 g/mol. The number of unbranched alkanes of at least 4 members (excludes halogenated alkanes) is 1. The second kappa shape index (κ2) is 9.65. The third kappa shape index (κ3) is 6.03. The topological polar surface area (TPSA) is 76.7 Å². The SMILES string of the molecule is CCCCC(=O)NCC(=O)NCc1ccc(OC)c(OC)c1. The molecule has 0 aromatic heterocycles. The predicted molar refractivity (Wildman–Crippen MR) is 83.9 cm³/mol. The minimum absolute atomic E-state index is 0.00413. The summed E-state index contributed by atoms with van der Waals surface area (Å²) in [6.07, 6.45) is 2.25. The Balaban J connectivity index is 2.39. The molecule has 0 atom stereocenters. The maximum absolute atomic E-state index is 11.7.